The minimum absolute atomic E-state index is 0.243. The van der Waals surface area contributed by atoms with E-state index in [1.165, 1.54) is 12.1 Å². The van der Waals surface area contributed by atoms with Gasteiger partial charge in [-0.25, -0.2) is 4.39 Å². The fourth-order valence-electron chi connectivity index (χ4n) is 2.41. The molecule has 2 rings (SSSR count). The van der Waals surface area contributed by atoms with Crippen LogP contribution in [-0.4, -0.2) is 16.7 Å². The highest BCUT2D eigenvalue weighted by atomic mass is 19.1. The van der Waals surface area contributed by atoms with Crippen molar-refractivity contribution in [2.24, 2.45) is 17.6 Å². The molecule has 0 saturated carbocycles. The van der Waals surface area contributed by atoms with E-state index in [4.69, 9.17) is 10.3 Å². The molecular weight excluding hydrogens is 269 g/mol. The van der Waals surface area contributed by atoms with Gasteiger partial charge in [-0.15, -0.1) is 0 Å². The van der Waals surface area contributed by atoms with Crippen LogP contribution >= 0.6 is 0 Å². The second kappa shape index (κ2) is 7.31. The SMILES string of the molecule is CC(C)CC(CN)Cc1nc(Cc2ccc(F)cc2)no1. The Hall–Kier alpha value is -1.75. The molecule has 0 saturated heterocycles. The molecule has 0 spiro atoms. The average molecular weight is 291 g/mol. The second-order valence-corrected chi connectivity index (χ2v) is 5.84. The van der Waals surface area contributed by atoms with Gasteiger partial charge in [-0.1, -0.05) is 31.1 Å². The fraction of sp³-hybridized carbons (Fsp3) is 0.500. The predicted molar refractivity (Wildman–Crippen MR) is 79.2 cm³/mol. The summed E-state index contributed by atoms with van der Waals surface area (Å²) in [6.45, 7) is 4.97. The first-order valence-corrected chi connectivity index (χ1v) is 7.32. The number of nitrogens with zero attached hydrogens (tertiary/aromatic N) is 2. The lowest BCUT2D eigenvalue weighted by molar-refractivity contribution is 0.329. The van der Waals surface area contributed by atoms with Crippen molar-refractivity contribution in [3.63, 3.8) is 0 Å². The first-order valence-electron chi connectivity index (χ1n) is 7.32. The summed E-state index contributed by atoms with van der Waals surface area (Å²) in [5.74, 6) is 1.97. The van der Waals surface area contributed by atoms with Crippen LogP contribution in [0.3, 0.4) is 0 Å². The highest BCUT2D eigenvalue weighted by Crippen LogP contribution is 2.16. The smallest absolute Gasteiger partial charge is 0.226 e. The molecule has 2 aromatic rings. The molecule has 4 nitrogen and oxygen atoms in total. The average Bonchev–Trinajstić information content (AvgIpc) is 2.87. The van der Waals surface area contributed by atoms with E-state index in [9.17, 15) is 4.39 Å². The maximum absolute atomic E-state index is 12.9. The minimum Gasteiger partial charge on any atom is -0.339 e. The Kier molecular flexibility index (Phi) is 5.44. The van der Waals surface area contributed by atoms with Crippen molar-refractivity contribution in [1.82, 2.24) is 10.1 Å². The summed E-state index contributed by atoms with van der Waals surface area (Å²) in [5, 5.41) is 3.98. The topological polar surface area (TPSA) is 64.9 Å². The van der Waals surface area contributed by atoms with E-state index in [2.05, 4.69) is 24.0 Å². The van der Waals surface area contributed by atoms with E-state index in [0.717, 1.165) is 12.0 Å². The largest absolute Gasteiger partial charge is 0.339 e. The van der Waals surface area contributed by atoms with Crippen LogP contribution < -0.4 is 5.73 Å². The molecule has 0 aliphatic rings. The lowest BCUT2D eigenvalue weighted by atomic mass is 9.94. The molecule has 1 unspecified atom stereocenters. The molecule has 0 amide bonds. The molecule has 5 heteroatoms. The summed E-state index contributed by atoms with van der Waals surface area (Å²) in [6.07, 6.45) is 2.30. The predicted octanol–water partition coefficient (Wildman–Crippen LogP) is 2.96. The summed E-state index contributed by atoms with van der Waals surface area (Å²) in [4.78, 5) is 4.40. The highest BCUT2D eigenvalue weighted by Gasteiger charge is 2.15. The fourth-order valence-corrected chi connectivity index (χ4v) is 2.41. The summed E-state index contributed by atoms with van der Waals surface area (Å²) < 4.78 is 18.1. The van der Waals surface area contributed by atoms with Crippen LogP contribution in [0.15, 0.2) is 28.8 Å². The minimum atomic E-state index is -0.243. The molecule has 1 aromatic carbocycles. The van der Waals surface area contributed by atoms with Crippen molar-refractivity contribution in [2.45, 2.75) is 33.1 Å². The number of hydrogen-bond acceptors (Lipinski definition) is 4. The maximum Gasteiger partial charge on any atom is 0.226 e. The quantitative estimate of drug-likeness (QED) is 0.851. The first kappa shape index (κ1) is 15.6. The van der Waals surface area contributed by atoms with Crippen molar-refractivity contribution >= 4 is 0 Å². The zero-order valence-corrected chi connectivity index (χ0v) is 12.6. The monoisotopic (exact) mass is 291 g/mol. The van der Waals surface area contributed by atoms with Crippen molar-refractivity contribution < 1.29 is 8.91 Å². The van der Waals surface area contributed by atoms with Gasteiger partial charge in [0, 0.05) is 12.8 Å². The Morgan fingerprint density at radius 2 is 1.95 bits per heavy atom. The lowest BCUT2D eigenvalue weighted by Gasteiger charge is -2.14. The third-order valence-corrected chi connectivity index (χ3v) is 3.39. The number of aromatic nitrogens is 2. The van der Waals surface area contributed by atoms with E-state index in [0.29, 0.717) is 42.9 Å². The second-order valence-electron chi connectivity index (χ2n) is 5.84. The van der Waals surface area contributed by atoms with E-state index in [-0.39, 0.29) is 5.82 Å². The van der Waals surface area contributed by atoms with Gasteiger partial charge in [0.2, 0.25) is 5.89 Å². The van der Waals surface area contributed by atoms with Gasteiger partial charge >= 0.3 is 0 Å². The van der Waals surface area contributed by atoms with Crippen LogP contribution in [0.25, 0.3) is 0 Å². The molecule has 0 fully saturated rings. The Morgan fingerprint density at radius 3 is 2.57 bits per heavy atom. The van der Waals surface area contributed by atoms with Crippen LogP contribution in [-0.2, 0) is 12.8 Å². The van der Waals surface area contributed by atoms with Crippen molar-refractivity contribution in [3.05, 3.63) is 47.4 Å². The molecule has 0 aliphatic heterocycles. The summed E-state index contributed by atoms with van der Waals surface area (Å²) in [6, 6.07) is 6.33. The zero-order chi connectivity index (χ0) is 15.2. The van der Waals surface area contributed by atoms with Crippen molar-refractivity contribution in [2.75, 3.05) is 6.54 Å². The molecule has 114 valence electrons. The van der Waals surface area contributed by atoms with Gasteiger partial charge < -0.3 is 10.3 Å². The van der Waals surface area contributed by atoms with Gasteiger partial charge in [-0.2, -0.15) is 4.98 Å². The molecule has 2 N–H and O–H groups in total. The number of rotatable bonds is 7. The molecular formula is C16H22FN3O. The lowest BCUT2D eigenvalue weighted by Crippen LogP contribution is -2.19. The molecule has 1 aromatic heterocycles. The van der Waals surface area contributed by atoms with Gasteiger partial charge in [0.25, 0.3) is 0 Å². The zero-order valence-electron chi connectivity index (χ0n) is 12.6. The Bertz CT molecular complexity index is 551. The van der Waals surface area contributed by atoms with Gasteiger partial charge in [0.05, 0.1) is 0 Å². The molecule has 1 atom stereocenters. The highest BCUT2D eigenvalue weighted by molar-refractivity contribution is 5.19. The van der Waals surface area contributed by atoms with Gasteiger partial charge in [-0.3, -0.25) is 0 Å². The molecule has 0 radical (unpaired) electrons. The molecule has 1 heterocycles. The van der Waals surface area contributed by atoms with E-state index in [1.54, 1.807) is 12.1 Å². The first-order chi connectivity index (χ1) is 10.1. The Morgan fingerprint density at radius 1 is 1.24 bits per heavy atom. The summed E-state index contributed by atoms with van der Waals surface area (Å²) in [5.41, 5.74) is 6.75. The van der Waals surface area contributed by atoms with Crippen molar-refractivity contribution in [3.8, 4) is 0 Å². The number of nitrogens with two attached hydrogens (primary N) is 1. The Balaban J connectivity index is 1.95. The van der Waals surface area contributed by atoms with Crippen LogP contribution in [0.4, 0.5) is 4.39 Å². The number of halogens is 1. The van der Waals surface area contributed by atoms with Crippen molar-refractivity contribution in [1.29, 1.82) is 0 Å². The standard InChI is InChI=1S/C16H22FN3O/c1-11(2)7-13(10-18)9-16-19-15(20-21-16)8-12-3-5-14(17)6-4-12/h3-6,11,13H,7-10,18H2,1-2H3. The van der Waals surface area contributed by atoms with Crippen LogP contribution in [0.5, 0.6) is 0 Å². The van der Waals surface area contributed by atoms with E-state index in [1.807, 2.05) is 0 Å². The van der Waals surface area contributed by atoms with E-state index >= 15 is 0 Å². The Labute approximate surface area is 124 Å². The molecule has 21 heavy (non-hydrogen) atoms. The molecule has 0 aliphatic carbocycles. The normalized spacial score (nSPS) is 12.8. The maximum atomic E-state index is 12.9. The molecule has 0 bridgehead atoms. The third-order valence-electron chi connectivity index (χ3n) is 3.39. The summed E-state index contributed by atoms with van der Waals surface area (Å²) in [7, 11) is 0. The van der Waals surface area contributed by atoms with Crippen LogP contribution in [0.1, 0.15) is 37.5 Å². The van der Waals surface area contributed by atoms with Gasteiger partial charge in [0.15, 0.2) is 5.82 Å². The van der Waals surface area contributed by atoms with Crippen LogP contribution in [0.2, 0.25) is 0 Å². The third kappa shape index (κ3) is 4.93. The number of hydrogen-bond donors (Lipinski definition) is 1. The van der Waals surface area contributed by atoms with Crippen LogP contribution in [0, 0.1) is 17.7 Å². The number of benzene rings is 1. The van der Waals surface area contributed by atoms with Gasteiger partial charge in [0.1, 0.15) is 5.82 Å². The van der Waals surface area contributed by atoms with E-state index < -0.39 is 0 Å². The van der Waals surface area contributed by atoms with Gasteiger partial charge in [-0.05, 0) is 42.5 Å². The summed E-state index contributed by atoms with van der Waals surface area (Å²) >= 11 is 0.